The number of aliphatic carboxylic acids is 2. The number of rotatable bonds is 17. The molecule has 0 spiro atoms. The molecule has 0 radical (unpaired) electrons. The molecule has 0 amide bonds. The number of carboxylic acid groups (broad SMARTS) is 2. The molecule has 0 saturated carbocycles. The summed E-state index contributed by atoms with van der Waals surface area (Å²) in [6, 6.07) is 0. The van der Waals surface area contributed by atoms with Crippen molar-refractivity contribution in [2.75, 3.05) is 0 Å². The Morgan fingerprint density at radius 2 is 0.923 bits per heavy atom. The van der Waals surface area contributed by atoms with E-state index in [0.717, 1.165) is 38.5 Å². The summed E-state index contributed by atoms with van der Waals surface area (Å²) in [5, 5.41) is 17.7. The van der Waals surface area contributed by atoms with Gasteiger partial charge in [-0.15, -0.1) is 0 Å². The summed E-state index contributed by atoms with van der Waals surface area (Å²) < 4.78 is 0. The van der Waals surface area contributed by atoms with Crippen LogP contribution in [0.4, 0.5) is 0 Å². The minimum atomic E-state index is -0.826. The lowest BCUT2D eigenvalue weighted by Gasteiger charge is -2.15. The van der Waals surface area contributed by atoms with E-state index in [9.17, 15) is 19.8 Å². The fraction of sp³-hybridized carbons (Fsp3) is 0.900. The zero-order chi connectivity index (χ0) is 19.9. The fourth-order valence-corrected chi connectivity index (χ4v) is 5.51. The quantitative estimate of drug-likeness (QED) is 0.212. The lowest BCUT2D eigenvalue weighted by Crippen LogP contribution is -2.19. The van der Waals surface area contributed by atoms with Gasteiger partial charge in [0.05, 0.1) is 0 Å². The topological polar surface area (TPSA) is 74.6 Å². The summed E-state index contributed by atoms with van der Waals surface area (Å²) in [6.07, 6.45) is 9.74. The summed E-state index contributed by atoms with van der Waals surface area (Å²) in [7, 11) is 2.47. The van der Waals surface area contributed by atoms with Crippen LogP contribution in [0.3, 0.4) is 0 Å². The fourth-order valence-electron chi connectivity index (χ4n) is 2.68. The number of carbonyl (C=O) groups is 2. The van der Waals surface area contributed by atoms with Crippen molar-refractivity contribution in [3.63, 3.8) is 0 Å². The van der Waals surface area contributed by atoms with E-state index in [-0.39, 0.29) is 0 Å². The summed E-state index contributed by atoms with van der Waals surface area (Å²) >= 11 is 0. The molecule has 0 heterocycles. The van der Waals surface area contributed by atoms with Gasteiger partial charge in [-0.2, -0.15) is 0 Å². The Bertz CT molecular complexity index is 350. The highest BCUT2D eigenvalue weighted by Gasteiger charge is 2.24. The molecule has 0 aromatic carbocycles. The molecule has 0 aliphatic carbocycles. The average molecular weight is 407 g/mol. The van der Waals surface area contributed by atoms with E-state index >= 15 is 0 Å². The third-order valence-electron chi connectivity index (χ3n) is 4.33. The van der Waals surface area contributed by atoms with Crippen LogP contribution in [0.25, 0.3) is 0 Å². The van der Waals surface area contributed by atoms with Gasteiger partial charge in [0, 0.05) is 0 Å². The molecule has 2 atom stereocenters. The lowest BCUT2D eigenvalue weighted by atomic mass is 10.0. The van der Waals surface area contributed by atoms with E-state index in [2.05, 4.69) is 27.7 Å². The van der Waals surface area contributed by atoms with E-state index in [1.54, 1.807) is 0 Å². The molecule has 4 nitrogen and oxygen atoms in total. The van der Waals surface area contributed by atoms with Crippen LogP contribution in [0.15, 0.2) is 0 Å². The monoisotopic (exact) mass is 406 g/mol. The van der Waals surface area contributed by atoms with Gasteiger partial charge >= 0.3 is 11.9 Å². The first-order valence-corrected chi connectivity index (χ1v) is 12.3. The Hall–Kier alpha value is -0.360. The van der Waals surface area contributed by atoms with E-state index < -0.39 is 22.4 Å². The highest BCUT2D eigenvalue weighted by atomic mass is 33.1. The summed E-state index contributed by atoms with van der Waals surface area (Å²) in [5.74, 6) is -0.279. The normalized spacial score (nSPS) is 13.9. The summed E-state index contributed by atoms with van der Waals surface area (Å²) in [4.78, 5) is 22.9. The Kier molecular flexibility index (Phi) is 15.5. The minimum Gasteiger partial charge on any atom is -0.480 e. The number of unbranched alkanes of at least 4 members (excludes halogenated alkanes) is 4. The Labute approximate surface area is 167 Å². The molecule has 2 unspecified atom stereocenters. The minimum absolute atomic E-state index is 0.512. The van der Waals surface area contributed by atoms with Crippen LogP contribution in [0.2, 0.25) is 0 Å². The second kappa shape index (κ2) is 15.7. The molecule has 0 aliphatic rings. The van der Waals surface area contributed by atoms with Crippen molar-refractivity contribution in [3.05, 3.63) is 0 Å². The molecule has 0 fully saturated rings. The number of hydrogen-bond donors (Lipinski definition) is 2. The highest BCUT2D eigenvalue weighted by molar-refractivity contribution is 8.77. The molecule has 0 aromatic rings. The van der Waals surface area contributed by atoms with Gasteiger partial charge in [0.25, 0.3) is 0 Å². The molecule has 0 bridgehead atoms. The second-order valence-electron chi connectivity index (χ2n) is 7.91. The van der Waals surface area contributed by atoms with Crippen LogP contribution in [0, 0.1) is 11.8 Å². The van der Waals surface area contributed by atoms with Gasteiger partial charge in [0.2, 0.25) is 0 Å². The molecule has 6 heteroatoms. The van der Waals surface area contributed by atoms with Crippen molar-refractivity contribution in [1.29, 1.82) is 0 Å². The molecular formula is C20H38O4S2. The van der Waals surface area contributed by atoms with Crippen LogP contribution in [0.5, 0.6) is 0 Å². The first-order valence-electron chi connectivity index (χ1n) is 10.0. The van der Waals surface area contributed by atoms with Crippen molar-refractivity contribution < 1.29 is 19.8 Å². The van der Waals surface area contributed by atoms with E-state index in [1.165, 1.54) is 34.4 Å². The van der Waals surface area contributed by atoms with Crippen molar-refractivity contribution in [2.24, 2.45) is 11.8 Å². The van der Waals surface area contributed by atoms with Crippen molar-refractivity contribution in [1.82, 2.24) is 0 Å². The van der Waals surface area contributed by atoms with E-state index in [1.807, 2.05) is 0 Å². The Morgan fingerprint density at radius 1 is 0.615 bits per heavy atom. The van der Waals surface area contributed by atoms with Gasteiger partial charge in [-0.3, -0.25) is 9.59 Å². The van der Waals surface area contributed by atoms with Gasteiger partial charge in [-0.25, -0.2) is 0 Å². The van der Waals surface area contributed by atoms with Crippen LogP contribution in [-0.2, 0) is 9.59 Å². The molecule has 0 saturated heterocycles. The summed E-state index contributed by atoms with van der Waals surface area (Å²) in [6.45, 7) is 8.78. The van der Waals surface area contributed by atoms with Gasteiger partial charge in [0.1, 0.15) is 10.5 Å². The van der Waals surface area contributed by atoms with Gasteiger partial charge in [0.15, 0.2) is 0 Å². The predicted octanol–water partition coefficient (Wildman–Crippen LogP) is 6.49. The van der Waals surface area contributed by atoms with Gasteiger partial charge < -0.3 is 10.2 Å². The standard InChI is InChI=1S/C20H38O4S2/c1-15(2)11-7-5-9-13-17(19(21)22)25-26-18(20(23)24)14-10-6-8-12-16(3)4/h15-18H,5-14H2,1-4H3,(H,21,22)(H,23,24). The largest absolute Gasteiger partial charge is 0.480 e. The molecular weight excluding hydrogens is 368 g/mol. The average Bonchev–Trinajstić information content (AvgIpc) is 2.53. The molecule has 26 heavy (non-hydrogen) atoms. The molecule has 154 valence electrons. The maximum Gasteiger partial charge on any atom is 0.317 e. The first-order chi connectivity index (χ1) is 12.2. The van der Waals surface area contributed by atoms with Crippen LogP contribution < -0.4 is 0 Å². The van der Waals surface area contributed by atoms with E-state index in [4.69, 9.17) is 0 Å². The molecule has 0 aromatic heterocycles. The SMILES string of the molecule is CC(C)CCCCCC(SSC(CCCCCC(C)C)C(=O)O)C(=O)O. The van der Waals surface area contributed by atoms with Crippen molar-refractivity contribution in [2.45, 2.75) is 102 Å². The third-order valence-corrected chi connectivity index (χ3v) is 7.51. The maximum absolute atomic E-state index is 11.4. The predicted molar refractivity (Wildman–Crippen MR) is 114 cm³/mol. The maximum atomic E-state index is 11.4. The lowest BCUT2D eigenvalue weighted by molar-refractivity contribution is -0.137. The Balaban J connectivity index is 4.13. The highest BCUT2D eigenvalue weighted by Crippen LogP contribution is 2.36. The van der Waals surface area contributed by atoms with Crippen LogP contribution in [-0.4, -0.2) is 32.7 Å². The Morgan fingerprint density at radius 3 is 1.19 bits per heavy atom. The number of carboxylic acids is 2. The van der Waals surface area contributed by atoms with Crippen molar-refractivity contribution in [3.8, 4) is 0 Å². The zero-order valence-electron chi connectivity index (χ0n) is 16.9. The van der Waals surface area contributed by atoms with E-state index in [0.29, 0.717) is 24.7 Å². The summed E-state index contributed by atoms with van der Waals surface area (Å²) in [5.41, 5.74) is 0. The molecule has 0 rings (SSSR count). The third kappa shape index (κ3) is 14.8. The number of hydrogen-bond acceptors (Lipinski definition) is 4. The van der Waals surface area contributed by atoms with Crippen LogP contribution in [0.1, 0.15) is 91.9 Å². The smallest absolute Gasteiger partial charge is 0.317 e. The first kappa shape index (κ1) is 25.6. The zero-order valence-corrected chi connectivity index (χ0v) is 18.5. The van der Waals surface area contributed by atoms with Crippen molar-refractivity contribution >= 4 is 33.5 Å². The molecule has 2 N–H and O–H groups in total. The molecule has 0 aliphatic heterocycles. The van der Waals surface area contributed by atoms with Gasteiger partial charge in [-0.1, -0.05) is 101 Å². The second-order valence-corrected chi connectivity index (χ2v) is 10.6. The van der Waals surface area contributed by atoms with Crippen LogP contribution >= 0.6 is 21.6 Å². The van der Waals surface area contributed by atoms with Gasteiger partial charge in [-0.05, 0) is 24.7 Å².